The zero-order chi connectivity index (χ0) is 13.1. The van der Waals surface area contributed by atoms with Crippen LogP contribution in [0.1, 0.15) is 34.1 Å². The monoisotopic (exact) mass is 243 g/mol. The van der Waals surface area contributed by atoms with Crippen molar-refractivity contribution in [3.05, 3.63) is 0 Å². The molecule has 1 saturated heterocycles. The summed E-state index contributed by atoms with van der Waals surface area (Å²) < 4.78 is 5.22. The molecule has 0 bridgehead atoms. The molecule has 17 heavy (non-hydrogen) atoms. The van der Waals surface area contributed by atoms with Crippen molar-refractivity contribution in [2.75, 3.05) is 19.6 Å². The van der Waals surface area contributed by atoms with Gasteiger partial charge in [0.15, 0.2) is 0 Å². The molecule has 2 atom stereocenters. The predicted octanol–water partition coefficient (Wildman–Crippen LogP) is 0.933. The summed E-state index contributed by atoms with van der Waals surface area (Å²) in [5.74, 6) is 0. The van der Waals surface area contributed by atoms with E-state index in [2.05, 4.69) is 10.2 Å². The summed E-state index contributed by atoms with van der Waals surface area (Å²) in [6.45, 7) is 10.3. The number of nitrogens with one attached hydrogen (secondary N) is 1. The van der Waals surface area contributed by atoms with Gasteiger partial charge in [-0.3, -0.25) is 4.90 Å². The van der Waals surface area contributed by atoms with Crippen molar-refractivity contribution in [1.29, 1.82) is 0 Å². The Morgan fingerprint density at radius 3 is 2.76 bits per heavy atom. The van der Waals surface area contributed by atoms with Gasteiger partial charge in [-0.15, -0.1) is 0 Å². The number of hydrogen-bond acceptors (Lipinski definition) is 4. The number of likely N-dealkylation sites (tertiary alicyclic amines) is 1. The molecule has 0 aromatic carbocycles. The predicted molar refractivity (Wildman–Crippen MR) is 67.9 cm³/mol. The average Bonchev–Trinajstić information content (AvgIpc) is 2.46. The third kappa shape index (κ3) is 5.89. The van der Waals surface area contributed by atoms with E-state index in [4.69, 9.17) is 10.5 Å². The number of rotatable bonds is 3. The maximum Gasteiger partial charge on any atom is 0.407 e. The first-order valence-corrected chi connectivity index (χ1v) is 6.24. The van der Waals surface area contributed by atoms with Crippen LogP contribution in [0.2, 0.25) is 0 Å². The van der Waals surface area contributed by atoms with Crippen LogP contribution in [-0.4, -0.2) is 48.3 Å². The molecule has 5 heteroatoms. The molecule has 5 nitrogen and oxygen atoms in total. The first-order chi connectivity index (χ1) is 7.76. The van der Waals surface area contributed by atoms with Gasteiger partial charge in [-0.05, 0) is 34.1 Å². The number of nitrogens with zero attached hydrogens (tertiary/aromatic N) is 1. The van der Waals surface area contributed by atoms with Crippen molar-refractivity contribution in [1.82, 2.24) is 10.2 Å². The van der Waals surface area contributed by atoms with Gasteiger partial charge in [0.25, 0.3) is 0 Å². The Morgan fingerprint density at radius 2 is 2.24 bits per heavy atom. The lowest BCUT2D eigenvalue weighted by atomic mass is 10.2. The molecule has 1 amide bonds. The zero-order valence-corrected chi connectivity index (χ0v) is 11.3. The van der Waals surface area contributed by atoms with E-state index in [-0.39, 0.29) is 18.2 Å². The second kappa shape index (κ2) is 5.69. The Bertz CT molecular complexity index is 261. The summed E-state index contributed by atoms with van der Waals surface area (Å²) in [6.07, 6.45) is 0.636. The van der Waals surface area contributed by atoms with E-state index in [0.29, 0.717) is 0 Å². The largest absolute Gasteiger partial charge is 0.444 e. The Balaban J connectivity index is 2.28. The summed E-state index contributed by atoms with van der Waals surface area (Å²) in [5.41, 5.74) is 5.31. The Morgan fingerprint density at radius 1 is 1.59 bits per heavy atom. The van der Waals surface area contributed by atoms with E-state index in [1.807, 2.05) is 27.7 Å². The van der Waals surface area contributed by atoms with Crippen molar-refractivity contribution in [2.24, 2.45) is 5.73 Å². The first-order valence-electron chi connectivity index (χ1n) is 6.24. The lowest BCUT2D eigenvalue weighted by Gasteiger charge is -2.22. The number of carbonyl (C=O) groups excluding carboxylic acids is 1. The molecule has 0 aromatic heterocycles. The third-order valence-corrected chi connectivity index (χ3v) is 2.54. The Kier molecular flexibility index (Phi) is 4.77. The lowest BCUT2D eigenvalue weighted by molar-refractivity contribution is 0.0506. The number of nitrogens with two attached hydrogens (primary N) is 1. The van der Waals surface area contributed by atoms with E-state index >= 15 is 0 Å². The number of carbonyl (C=O) groups is 1. The minimum atomic E-state index is -0.436. The molecule has 1 fully saturated rings. The lowest BCUT2D eigenvalue weighted by Crippen LogP contribution is -2.41. The molecule has 0 saturated carbocycles. The number of hydrogen-bond donors (Lipinski definition) is 2. The fraction of sp³-hybridized carbons (Fsp3) is 0.917. The van der Waals surface area contributed by atoms with Gasteiger partial charge in [0.2, 0.25) is 0 Å². The van der Waals surface area contributed by atoms with Gasteiger partial charge in [0.1, 0.15) is 5.60 Å². The van der Waals surface area contributed by atoms with Crippen LogP contribution in [0.4, 0.5) is 4.79 Å². The maximum atomic E-state index is 11.6. The second-order valence-corrected chi connectivity index (χ2v) is 5.87. The van der Waals surface area contributed by atoms with Crippen molar-refractivity contribution in [3.8, 4) is 0 Å². The van der Waals surface area contributed by atoms with Crippen molar-refractivity contribution in [2.45, 2.75) is 51.8 Å². The third-order valence-electron chi connectivity index (χ3n) is 2.54. The molecular formula is C12H25N3O2. The van der Waals surface area contributed by atoms with E-state index in [9.17, 15) is 4.79 Å². The second-order valence-electron chi connectivity index (χ2n) is 5.87. The molecule has 100 valence electrons. The highest BCUT2D eigenvalue weighted by Crippen LogP contribution is 2.11. The topological polar surface area (TPSA) is 67.6 Å². The number of alkyl carbamates (subject to hydrolysis) is 1. The SMILES string of the molecule is CC(N)CN1CCC(NC(=O)OC(C)(C)C)C1. The van der Waals surface area contributed by atoms with Crippen molar-refractivity contribution in [3.63, 3.8) is 0 Å². The van der Waals surface area contributed by atoms with Crippen LogP contribution >= 0.6 is 0 Å². The Labute approximate surface area is 104 Å². The van der Waals surface area contributed by atoms with Gasteiger partial charge >= 0.3 is 6.09 Å². The molecule has 1 aliphatic rings. The summed E-state index contributed by atoms with van der Waals surface area (Å²) in [5, 5.41) is 2.89. The summed E-state index contributed by atoms with van der Waals surface area (Å²) in [7, 11) is 0. The molecule has 0 aromatic rings. The van der Waals surface area contributed by atoms with E-state index < -0.39 is 5.60 Å². The summed E-state index contributed by atoms with van der Waals surface area (Å²) in [4.78, 5) is 13.8. The highest BCUT2D eigenvalue weighted by Gasteiger charge is 2.26. The quantitative estimate of drug-likeness (QED) is 0.774. The normalized spacial score (nSPS) is 23.5. The summed E-state index contributed by atoms with van der Waals surface area (Å²) in [6, 6.07) is 0.360. The van der Waals surface area contributed by atoms with Gasteiger partial charge in [-0.25, -0.2) is 4.79 Å². The maximum absolute atomic E-state index is 11.6. The molecule has 2 unspecified atom stereocenters. The van der Waals surface area contributed by atoms with Gasteiger partial charge in [0.05, 0.1) is 0 Å². The fourth-order valence-electron chi connectivity index (χ4n) is 2.00. The standard InChI is InChI=1S/C12H25N3O2/c1-9(13)7-15-6-5-10(8-15)14-11(16)17-12(2,3)4/h9-10H,5-8,13H2,1-4H3,(H,14,16). The average molecular weight is 243 g/mol. The zero-order valence-electron chi connectivity index (χ0n) is 11.3. The van der Waals surface area contributed by atoms with Crippen LogP contribution in [0.5, 0.6) is 0 Å². The van der Waals surface area contributed by atoms with Gasteiger partial charge in [-0.1, -0.05) is 0 Å². The molecule has 1 aliphatic heterocycles. The smallest absolute Gasteiger partial charge is 0.407 e. The van der Waals surface area contributed by atoms with Crippen LogP contribution in [0.15, 0.2) is 0 Å². The number of ether oxygens (including phenoxy) is 1. The van der Waals surface area contributed by atoms with Crippen molar-refractivity contribution >= 4 is 6.09 Å². The fourth-order valence-corrected chi connectivity index (χ4v) is 2.00. The molecule has 0 spiro atoms. The highest BCUT2D eigenvalue weighted by molar-refractivity contribution is 5.68. The molecule has 0 radical (unpaired) electrons. The molecule has 1 rings (SSSR count). The molecule has 3 N–H and O–H groups in total. The van der Waals surface area contributed by atoms with Crippen molar-refractivity contribution < 1.29 is 9.53 Å². The minimum Gasteiger partial charge on any atom is -0.444 e. The highest BCUT2D eigenvalue weighted by atomic mass is 16.6. The number of amides is 1. The molecule has 0 aliphatic carbocycles. The van der Waals surface area contributed by atoms with Gasteiger partial charge in [0, 0.05) is 31.7 Å². The molecule has 1 heterocycles. The van der Waals surface area contributed by atoms with Crippen LogP contribution in [0.25, 0.3) is 0 Å². The van der Waals surface area contributed by atoms with Gasteiger partial charge < -0.3 is 15.8 Å². The Hall–Kier alpha value is -0.810. The van der Waals surface area contributed by atoms with E-state index in [1.165, 1.54) is 0 Å². The first kappa shape index (κ1) is 14.3. The van der Waals surface area contributed by atoms with E-state index in [0.717, 1.165) is 26.1 Å². The summed E-state index contributed by atoms with van der Waals surface area (Å²) >= 11 is 0. The van der Waals surface area contributed by atoms with Crippen LogP contribution in [-0.2, 0) is 4.74 Å². The van der Waals surface area contributed by atoms with Crippen LogP contribution in [0, 0.1) is 0 Å². The minimum absolute atomic E-state index is 0.176. The van der Waals surface area contributed by atoms with E-state index in [1.54, 1.807) is 0 Å². The van der Waals surface area contributed by atoms with Gasteiger partial charge in [-0.2, -0.15) is 0 Å². The van der Waals surface area contributed by atoms with Crippen LogP contribution in [0.3, 0.4) is 0 Å². The molecular weight excluding hydrogens is 218 g/mol. The van der Waals surface area contributed by atoms with Crippen LogP contribution < -0.4 is 11.1 Å².